The number of carbonyl (C=O) groups excluding carboxylic acids is 1. The first kappa shape index (κ1) is 19.3. The van der Waals surface area contributed by atoms with Gasteiger partial charge in [0, 0.05) is 6.04 Å². The molecule has 5 heteroatoms. The number of ether oxygens (including phenoxy) is 1. The lowest BCUT2D eigenvalue weighted by Gasteiger charge is -2.29. The van der Waals surface area contributed by atoms with Gasteiger partial charge in [0.05, 0.1) is 4.47 Å². The van der Waals surface area contributed by atoms with Gasteiger partial charge >= 0.3 is 0 Å². The molecule has 132 valence electrons. The van der Waals surface area contributed by atoms with Crippen molar-refractivity contribution in [3.05, 3.63) is 46.5 Å². The maximum Gasteiger partial charge on any atom is 0.262 e. The Balaban J connectivity index is 2.10. The molecule has 0 heterocycles. The second-order valence-electron chi connectivity index (χ2n) is 6.30. The Morgan fingerprint density at radius 1 is 1.48 bits per heavy atom. The van der Waals surface area contributed by atoms with Crippen molar-refractivity contribution in [2.75, 3.05) is 6.61 Å². The summed E-state index contributed by atoms with van der Waals surface area (Å²) in [7, 11) is 0. The maximum absolute atomic E-state index is 12.4. The Morgan fingerprint density at radius 3 is 2.88 bits per heavy atom. The Labute approximate surface area is 157 Å². The molecule has 1 N–H and O–H groups in total. The van der Waals surface area contributed by atoms with Crippen LogP contribution < -0.4 is 10.1 Å². The lowest BCUT2D eigenvalue weighted by Crippen LogP contribution is -2.41. The van der Waals surface area contributed by atoms with Crippen LogP contribution in [0.5, 0.6) is 5.75 Å². The largest absolute Gasteiger partial charge is 0.488 e. The van der Waals surface area contributed by atoms with E-state index in [1.54, 1.807) is 18.2 Å². The number of halogens is 1. The number of nitrogens with zero attached hydrogens (tertiary/aromatic N) is 1. The molecule has 0 unspecified atom stereocenters. The number of benzene rings is 1. The minimum atomic E-state index is -0.302. The van der Waals surface area contributed by atoms with E-state index in [9.17, 15) is 10.1 Å². The molecule has 1 aliphatic rings. The van der Waals surface area contributed by atoms with E-state index >= 15 is 0 Å². The first-order valence-electron chi connectivity index (χ1n) is 8.51. The topological polar surface area (TPSA) is 62.1 Å². The first-order chi connectivity index (χ1) is 12.0. The fourth-order valence-corrected chi connectivity index (χ4v) is 3.48. The molecule has 0 saturated heterocycles. The summed E-state index contributed by atoms with van der Waals surface area (Å²) in [5, 5.41) is 12.4. The highest BCUT2D eigenvalue weighted by atomic mass is 79.9. The normalized spacial score (nSPS) is 20.4. The fraction of sp³-hybridized carbons (Fsp3) is 0.400. The van der Waals surface area contributed by atoms with E-state index in [0.717, 1.165) is 29.3 Å². The molecule has 1 aromatic rings. The van der Waals surface area contributed by atoms with E-state index in [2.05, 4.69) is 34.7 Å². The van der Waals surface area contributed by atoms with Gasteiger partial charge in [0.15, 0.2) is 0 Å². The van der Waals surface area contributed by atoms with Crippen molar-refractivity contribution in [3.63, 3.8) is 0 Å². The summed E-state index contributed by atoms with van der Waals surface area (Å²) in [5.41, 5.74) is 0.880. The summed E-state index contributed by atoms with van der Waals surface area (Å²) in [6.07, 6.45) is 7.71. The Morgan fingerprint density at radius 2 is 2.24 bits per heavy atom. The van der Waals surface area contributed by atoms with Crippen molar-refractivity contribution in [1.29, 1.82) is 5.26 Å². The maximum atomic E-state index is 12.4. The first-order valence-corrected chi connectivity index (χ1v) is 9.30. The van der Waals surface area contributed by atoms with Crippen LogP contribution in [0, 0.1) is 17.2 Å². The van der Waals surface area contributed by atoms with Gasteiger partial charge in [-0.05, 0) is 58.5 Å². The lowest BCUT2D eigenvalue weighted by molar-refractivity contribution is -0.118. The smallest absolute Gasteiger partial charge is 0.262 e. The molecule has 1 fully saturated rings. The molecule has 0 spiro atoms. The number of rotatable bonds is 6. The highest BCUT2D eigenvalue weighted by Gasteiger charge is 2.24. The molecule has 0 radical (unpaired) electrons. The monoisotopic (exact) mass is 402 g/mol. The zero-order chi connectivity index (χ0) is 18.2. The lowest BCUT2D eigenvalue weighted by atomic mass is 9.86. The summed E-state index contributed by atoms with van der Waals surface area (Å²) in [6.45, 7) is 6.18. The standard InChI is InChI=1S/C20H23BrN2O2/c1-3-10-25-19-9-8-15(12-17(19)21)11-16(13-22)20(24)23-18-7-5-4-6-14(18)2/h3,8-9,11-12,14,18H,1,4-7,10H2,2H3,(H,23,24)/b16-11+/t14-,18+/m1/s1. The van der Waals surface area contributed by atoms with E-state index < -0.39 is 0 Å². The highest BCUT2D eigenvalue weighted by molar-refractivity contribution is 9.10. The number of carbonyl (C=O) groups is 1. The third kappa shape index (κ3) is 5.47. The zero-order valence-electron chi connectivity index (χ0n) is 14.4. The number of hydrogen-bond acceptors (Lipinski definition) is 3. The number of nitriles is 1. The van der Waals surface area contributed by atoms with Gasteiger partial charge in [-0.3, -0.25) is 4.79 Å². The number of hydrogen-bond donors (Lipinski definition) is 1. The van der Waals surface area contributed by atoms with E-state index in [1.165, 1.54) is 6.42 Å². The fourth-order valence-electron chi connectivity index (χ4n) is 2.96. The van der Waals surface area contributed by atoms with Crippen molar-refractivity contribution < 1.29 is 9.53 Å². The van der Waals surface area contributed by atoms with Crippen molar-refractivity contribution >= 4 is 27.9 Å². The average molecular weight is 403 g/mol. The Bertz CT molecular complexity index is 706. The van der Waals surface area contributed by atoms with Gasteiger partial charge in [0.2, 0.25) is 0 Å². The van der Waals surface area contributed by atoms with E-state index in [-0.39, 0.29) is 17.5 Å². The minimum Gasteiger partial charge on any atom is -0.488 e. The summed E-state index contributed by atoms with van der Waals surface area (Å²) in [5.74, 6) is 0.841. The second-order valence-corrected chi connectivity index (χ2v) is 7.16. The Hall–Kier alpha value is -2.06. The molecule has 2 rings (SSSR count). The van der Waals surface area contributed by atoms with Crippen molar-refractivity contribution in [3.8, 4) is 11.8 Å². The number of amides is 1. The van der Waals surface area contributed by atoms with Crippen molar-refractivity contribution in [2.24, 2.45) is 5.92 Å². The predicted octanol–water partition coefficient (Wildman–Crippen LogP) is 4.62. The molecule has 0 bridgehead atoms. The zero-order valence-corrected chi connectivity index (χ0v) is 16.0. The van der Waals surface area contributed by atoms with E-state index in [4.69, 9.17) is 4.74 Å². The summed E-state index contributed by atoms with van der Waals surface area (Å²) >= 11 is 3.44. The van der Waals surface area contributed by atoms with Gasteiger partial charge < -0.3 is 10.1 Å². The molecule has 0 aliphatic heterocycles. The predicted molar refractivity (Wildman–Crippen MR) is 103 cm³/mol. The van der Waals surface area contributed by atoms with Crippen LogP contribution in [0.25, 0.3) is 6.08 Å². The van der Waals surface area contributed by atoms with Crippen LogP contribution in [0.2, 0.25) is 0 Å². The van der Waals surface area contributed by atoms with Crippen LogP contribution >= 0.6 is 15.9 Å². The molecule has 4 nitrogen and oxygen atoms in total. The van der Waals surface area contributed by atoms with Crippen LogP contribution in [0.4, 0.5) is 0 Å². The van der Waals surface area contributed by atoms with Gasteiger partial charge in [-0.15, -0.1) is 0 Å². The van der Waals surface area contributed by atoms with Crippen LogP contribution in [0.15, 0.2) is 40.9 Å². The summed E-state index contributed by atoms with van der Waals surface area (Å²) in [6, 6.07) is 7.61. The summed E-state index contributed by atoms with van der Waals surface area (Å²) < 4.78 is 6.27. The molecule has 1 amide bonds. The van der Waals surface area contributed by atoms with Crippen LogP contribution in [-0.2, 0) is 4.79 Å². The second kappa shape index (κ2) is 9.43. The van der Waals surface area contributed by atoms with E-state index in [0.29, 0.717) is 18.3 Å². The van der Waals surface area contributed by atoms with Crippen LogP contribution in [-0.4, -0.2) is 18.6 Å². The molecule has 2 atom stereocenters. The Kier molecular flexibility index (Phi) is 7.27. The van der Waals surface area contributed by atoms with Gasteiger partial charge in [-0.1, -0.05) is 38.5 Å². The molecule has 1 aliphatic carbocycles. The highest BCUT2D eigenvalue weighted by Crippen LogP contribution is 2.27. The van der Waals surface area contributed by atoms with Crippen molar-refractivity contribution in [2.45, 2.75) is 38.6 Å². The molecule has 1 saturated carbocycles. The third-order valence-electron chi connectivity index (χ3n) is 4.42. The molecular weight excluding hydrogens is 380 g/mol. The van der Waals surface area contributed by atoms with Crippen LogP contribution in [0.3, 0.4) is 0 Å². The molecule has 0 aromatic heterocycles. The SMILES string of the molecule is C=CCOc1ccc(/C=C(\C#N)C(=O)N[C@H]2CCCC[C@H]2C)cc1Br. The van der Waals surface area contributed by atoms with E-state index in [1.807, 2.05) is 18.2 Å². The number of nitrogens with one attached hydrogen (secondary N) is 1. The third-order valence-corrected chi connectivity index (χ3v) is 5.04. The van der Waals surface area contributed by atoms with Gasteiger partial charge in [0.25, 0.3) is 5.91 Å². The molecule has 1 aromatic carbocycles. The van der Waals surface area contributed by atoms with Gasteiger partial charge in [-0.2, -0.15) is 5.26 Å². The van der Waals surface area contributed by atoms with Crippen molar-refractivity contribution in [1.82, 2.24) is 5.32 Å². The minimum absolute atomic E-state index is 0.115. The molecule has 25 heavy (non-hydrogen) atoms. The average Bonchev–Trinajstić information content (AvgIpc) is 2.60. The van der Waals surface area contributed by atoms with Crippen LogP contribution in [0.1, 0.15) is 38.2 Å². The van der Waals surface area contributed by atoms with Gasteiger partial charge in [0.1, 0.15) is 24.0 Å². The quantitative estimate of drug-likeness (QED) is 0.429. The summed E-state index contributed by atoms with van der Waals surface area (Å²) in [4.78, 5) is 12.4. The molecular formula is C20H23BrN2O2. The van der Waals surface area contributed by atoms with Gasteiger partial charge in [-0.25, -0.2) is 0 Å².